The van der Waals surface area contributed by atoms with Crippen LogP contribution in [0.4, 0.5) is 4.79 Å². The number of benzene rings is 3. The Bertz CT molecular complexity index is 1310. The summed E-state index contributed by atoms with van der Waals surface area (Å²) in [7, 11) is 1.97. The number of carbonyl (C=O) groups excluding carboxylic acids is 2. The predicted molar refractivity (Wildman–Crippen MR) is 176 cm³/mol. The second-order valence-electron chi connectivity index (χ2n) is 12.9. The van der Waals surface area contributed by atoms with Gasteiger partial charge >= 0.3 is 6.09 Å². The molecule has 3 aromatic carbocycles. The Kier molecular flexibility index (Phi) is 11.1. The van der Waals surface area contributed by atoms with Gasteiger partial charge in [0.15, 0.2) is 0 Å². The van der Waals surface area contributed by atoms with Crippen LogP contribution >= 0.6 is 0 Å². The molecule has 3 aromatic rings. The van der Waals surface area contributed by atoms with Crippen molar-refractivity contribution in [3.05, 3.63) is 108 Å². The molecule has 4 unspecified atom stereocenters. The normalized spacial score (nSPS) is 21.5. The van der Waals surface area contributed by atoms with Crippen LogP contribution in [0.3, 0.4) is 0 Å². The minimum Gasteiger partial charge on any atom is -0.445 e. The number of amides is 2. The number of ether oxygens (including phenoxy) is 1. The quantitative estimate of drug-likeness (QED) is 0.231. The molecule has 0 radical (unpaired) electrons. The van der Waals surface area contributed by atoms with Gasteiger partial charge in [-0.25, -0.2) is 4.79 Å². The summed E-state index contributed by atoms with van der Waals surface area (Å²) in [4.78, 5) is 33.2. The van der Waals surface area contributed by atoms with Gasteiger partial charge in [-0.15, -0.1) is 0 Å². The second kappa shape index (κ2) is 15.4. The van der Waals surface area contributed by atoms with Crippen molar-refractivity contribution in [2.75, 3.05) is 33.2 Å². The Balaban J connectivity index is 1.22. The molecular weight excluding hydrogens is 546 g/mol. The summed E-state index contributed by atoms with van der Waals surface area (Å²) in [5.74, 6) is 1.41. The number of nitrogens with zero attached hydrogens (tertiary/aromatic N) is 3. The van der Waals surface area contributed by atoms with Crippen molar-refractivity contribution >= 4 is 12.0 Å². The van der Waals surface area contributed by atoms with Gasteiger partial charge in [0.25, 0.3) is 5.91 Å². The van der Waals surface area contributed by atoms with E-state index in [-0.39, 0.29) is 24.1 Å². The number of hydrogen-bond acceptors (Lipinski definition) is 4. The number of piperidine rings is 1. The number of carbonyl (C=O) groups is 2. The Morgan fingerprint density at radius 2 is 1.48 bits per heavy atom. The van der Waals surface area contributed by atoms with Crippen molar-refractivity contribution in [2.24, 2.45) is 11.8 Å². The van der Waals surface area contributed by atoms with E-state index in [1.54, 1.807) is 0 Å². The van der Waals surface area contributed by atoms with Crippen LogP contribution in [0.2, 0.25) is 0 Å². The van der Waals surface area contributed by atoms with Gasteiger partial charge in [0.05, 0.1) is 0 Å². The van der Waals surface area contributed by atoms with Crippen LogP contribution in [0.1, 0.15) is 73.4 Å². The van der Waals surface area contributed by atoms with E-state index in [0.29, 0.717) is 24.4 Å². The summed E-state index contributed by atoms with van der Waals surface area (Å²) in [5.41, 5.74) is 3.13. The van der Waals surface area contributed by atoms with Crippen LogP contribution in [-0.2, 0) is 11.3 Å². The topological polar surface area (TPSA) is 53.1 Å². The van der Waals surface area contributed by atoms with E-state index in [2.05, 4.69) is 49.1 Å². The molecule has 2 aliphatic rings. The Hall–Kier alpha value is -3.64. The number of rotatable bonds is 11. The first-order valence-corrected chi connectivity index (χ1v) is 16.5. The van der Waals surface area contributed by atoms with Crippen molar-refractivity contribution in [3.8, 4) is 0 Å². The summed E-state index contributed by atoms with van der Waals surface area (Å²) >= 11 is 0. The summed E-state index contributed by atoms with van der Waals surface area (Å²) < 4.78 is 5.81. The number of hydrogen-bond donors (Lipinski definition) is 0. The smallest absolute Gasteiger partial charge is 0.410 e. The lowest BCUT2D eigenvalue weighted by atomic mass is 9.88. The molecule has 1 saturated carbocycles. The van der Waals surface area contributed by atoms with E-state index in [0.717, 1.165) is 69.4 Å². The van der Waals surface area contributed by atoms with Gasteiger partial charge in [-0.3, -0.25) is 4.79 Å². The van der Waals surface area contributed by atoms with E-state index in [4.69, 9.17) is 4.74 Å². The third-order valence-electron chi connectivity index (χ3n) is 9.92. The molecule has 44 heavy (non-hydrogen) atoms. The molecule has 1 heterocycles. The van der Waals surface area contributed by atoms with Gasteiger partial charge in [-0.1, -0.05) is 99.1 Å². The van der Waals surface area contributed by atoms with Crippen molar-refractivity contribution in [1.82, 2.24) is 14.7 Å². The summed E-state index contributed by atoms with van der Waals surface area (Å²) in [6.45, 7) is 8.39. The van der Waals surface area contributed by atoms with Gasteiger partial charge in [0.1, 0.15) is 6.61 Å². The highest BCUT2D eigenvalue weighted by molar-refractivity contribution is 5.94. The molecule has 2 fully saturated rings. The number of likely N-dealkylation sites (tertiary alicyclic amines) is 1. The van der Waals surface area contributed by atoms with E-state index in [1.807, 2.05) is 77.5 Å². The lowest BCUT2D eigenvalue weighted by Gasteiger charge is -2.40. The third kappa shape index (κ3) is 8.09. The molecule has 1 saturated heterocycles. The standard InChI is InChI=1S/C38H49N3O3/c1-4-29(2)26-41(38(43)44-28-30-14-8-5-9-15-30)34-20-22-40(23-21-34)27-33-24-35(25-36(33)31-16-10-6-11-17-31)39(3)37(42)32-18-12-7-13-19-32/h5-19,29,33-36H,4,20-28H2,1-3H3. The molecule has 0 aromatic heterocycles. The van der Waals surface area contributed by atoms with Crippen LogP contribution in [0.15, 0.2) is 91.0 Å². The second-order valence-corrected chi connectivity index (χ2v) is 12.9. The van der Waals surface area contributed by atoms with Gasteiger partial charge in [-0.05, 0) is 66.7 Å². The lowest BCUT2D eigenvalue weighted by molar-refractivity contribution is 0.0511. The first kappa shape index (κ1) is 31.8. The summed E-state index contributed by atoms with van der Waals surface area (Å²) in [5, 5.41) is 0. The van der Waals surface area contributed by atoms with Crippen molar-refractivity contribution < 1.29 is 14.3 Å². The van der Waals surface area contributed by atoms with Gasteiger partial charge in [0, 0.05) is 50.9 Å². The fraction of sp³-hybridized carbons (Fsp3) is 0.474. The zero-order chi connectivity index (χ0) is 30.9. The largest absolute Gasteiger partial charge is 0.445 e. The Morgan fingerprint density at radius 1 is 0.864 bits per heavy atom. The highest BCUT2D eigenvalue weighted by Crippen LogP contribution is 2.42. The molecule has 0 N–H and O–H groups in total. The van der Waals surface area contributed by atoms with Gasteiger partial charge < -0.3 is 19.4 Å². The fourth-order valence-corrected chi connectivity index (χ4v) is 7.06. The molecule has 2 amide bonds. The maximum absolute atomic E-state index is 13.3. The highest BCUT2D eigenvalue weighted by atomic mass is 16.6. The lowest BCUT2D eigenvalue weighted by Crippen LogP contribution is -2.49. The van der Waals surface area contributed by atoms with E-state index in [1.165, 1.54) is 5.56 Å². The summed E-state index contributed by atoms with van der Waals surface area (Å²) in [6, 6.07) is 30.8. The van der Waals surface area contributed by atoms with Gasteiger partial charge in [0.2, 0.25) is 0 Å². The van der Waals surface area contributed by atoms with Crippen LogP contribution in [-0.4, -0.2) is 72.0 Å². The zero-order valence-electron chi connectivity index (χ0n) is 26.7. The molecule has 6 heteroatoms. The minimum atomic E-state index is -0.193. The molecule has 234 valence electrons. The minimum absolute atomic E-state index is 0.101. The SMILES string of the molecule is CCC(C)CN(C(=O)OCc1ccccc1)C1CCN(CC2CC(N(C)C(=O)c3ccccc3)CC2c2ccccc2)CC1. The van der Waals surface area contributed by atoms with E-state index >= 15 is 0 Å². The molecule has 4 atom stereocenters. The Morgan fingerprint density at radius 3 is 2.11 bits per heavy atom. The average molecular weight is 596 g/mol. The van der Waals surface area contributed by atoms with Crippen LogP contribution in [0.25, 0.3) is 0 Å². The molecular formula is C38H49N3O3. The third-order valence-corrected chi connectivity index (χ3v) is 9.92. The zero-order valence-corrected chi connectivity index (χ0v) is 26.7. The van der Waals surface area contributed by atoms with E-state index < -0.39 is 0 Å². The van der Waals surface area contributed by atoms with E-state index in [9.17, 15) is 9.59 Å². The van der Waals surface area contributed by atoms with Crippen LogP contribution in [0, 0.1) is 11.8 Å². The maximum Gasteiger partial charge on any atom is 0.410 e. The average Bonchev–Trinajstić information content (AvgIpc) is 3.50. The summed E-state index contributed by atoms with van der Waals surface area (Å²) in [6.07, 6.45) is 4.73. The van der Waals surface area contributed by atoms with Crippen molar-refractivity contribution in [3.63, 3.8) is 0 Å². The molecule has 6 nitrogen and oxygen atoms in total. The van der Waals surface area contributed by atoms with Gasteiger partial charge in [-0.2, -0.15) is 0 Å². The fourth-order valence-electron chi connectivity index (χ4n) is 7.06. The predicted octanol–water partition coefficient (Wildman–Crippen LogP) is 7.47. The van der Waals surface area contributed by atoms with Crippen LogP contribution < -0.4 is 0 Å². The van der Waals surface area contributed by atoms with Crippen molar-refractivity contribution in [2.45, 2.75) is 70.6 Å². The highest BCUT2D eigenvalue weighted by Gasteiger charge is 2.40. The molecule has 1 aliphatic heterocycles. The molecule has 1 aliphatic carbocycles. The molecule has 5 rings (SSSR count). The maximum atomic E-state index is 13.3. The Labute approximate surface area is 264 Å². The first-order valence-electron chi connectivity index (χ1n) is 16.5. The molecule has 0 bridgehead atoms. The first-order chi connectivity index (χ1) is 21.4. The monoisotopic (exact) mass is 595 g/mol. The van der Waals surface area contributed by atoms with Crippen LogP contribution in [0.5, 0.6) is 0 Å². The van der Waals surface area contributed by atoms with Crippen molar-refractivity contribution in [1.29, 1.82) is 0 Å². The molecule has 0 spiro atoms.